The van der Waals surface area contributed by atoms with Crippen molar-refractivity contribution in [3.8, 4) is 0 Å². The van der Waals surface area contributed by atoms with Gasteiger partial charge in [0.15, 0.2) is 0 Å². The molecule has 0 spiro atoms. The third kappa shape index (κ3) is 6.63. The van der Waals surface area contributed by atoms with Gasteiger partial charge in [0.25, 0.3) is 0 Å². The third-order valence-corrected chi connectivity index (χ3v) is 7.96. The van der Waals surface area contributed by atoms with Gasteiger partial charge in [-0.15, -0.1) is 0 Å². The van der Waals surface area contributed by atoms with Crippen molar-refractivity contribution in [2.24, 2.45) is 5.73 Å². The lowest BCUT2D eigenvalue weighted by Gasteiger charge is -2.42. The van der Waals surface area contributed by atoms with Crippen LogP contribution in [-0.2, 0) is 33.8 Å². The third-order valence-electron chi connectivity index (χ3n) is 7.68. The topological polar surface area (TPSA) is 92.9 Å². The van der Waals surface area contributed by atoms with Crippen LogP contribution in [0.3, 0.4) is 0 Å². The molecule has 1 aliphatic heterocycles. The Hall–Kier alpha value is -3.69. The Morgan fingerprint density at radius 1 is 1.05 bits per heavy atom. The highest BCUT2D eigenvalue weighted by molar-refractivity contribution is 7.81. The van der Waals surface area contributed by atoms with Gasteiger partial charge in [0.05, 0.1) is 24.8 Å². The van der Waals surface area contributed by atoms with Gasteiger partial charge in [-0.3, -0.25) is 9.59 Å². The first kappa shape index (κ1) is 30.3. The van der Waals surface area contributed by atoms with E-state index in [0.717, 1.165) is 16.7 Å². The van der Waals surface area contributed by atoms with Gasteiger partial charge in [0, 0.05) is 29.8 Å². The molecule has 0 fully saturated rings. The number of thiol groups is 1. The number of methoxy groups -OCH3 is 1. The second kappa shape index (κ2) is 12.4. The summed E-state index contributed by atoms with van der Waals surface area (Å²) in [5, 5.41) is 0. The van der Waals surface area contributed by atoms with Gasteiger partial charge >= 0.3 is 5.97 Å². The summed E-state index contributed by atoms with van der Waals surface area (Å²) in [6.07, 6.45) is 0.294. The van der Waals surface area contributed by atoms with Crippen molar-refractivity contribution in [1.82, 2.24) is 9.80 Å². The van der Waals surface area contributed by atoms with Crippen molar-refractivity contribution < 1.29 is 23.5 Å². The molecule has 2 N–H and O–H groups in total. The molecule has 3 aromatic rings. The van der Waals surface area contributed by atoms with Crippen LogP contribution in [0.15, 0.2) is 72.8 Å². The Morgan fingerprint density at radius 3 is 2.27 bits per heavy atom. The average Bonchev–Trinajstić information content (AvgIpc) is 2.97. The molecular formula is C32H36FN3O4S. The van der Waals surface area contributed by atoms with Crippen LogP contribution in [0.25, 0.3) is 0 Å². The van der Waals surface area contributed by atoms with Crippen LogP contribution < -0.4 is 5.73 Å². The lowest BCUT2D eigenvalue weighted by atomic mass is 9.90. The number of carbonyl (C=O) groups is 3. The van der Waals surface area contributed by atoms with E-state index in [0.29, 0.717) is 17.5 Å². The summed E-state index contributed by atoms with van der Waals surface area (Å²) in [5.41, 5.74) is 9.72. The van der Waals surface area contributed by atoms with Gasteiger partial charge in [-0.05, 0) is 55.7 Å². The number of benzene rings is 3. The molecule has 0 aliphatic carbocycles. The number of fused-ring (bicyclic) bond motifs is 1. The zero-order chi connectivity index (χ0) is 29.9. The number of nitrogens with two attached hydrogens (primary N) is 1. The highest BCUT2D eigenvalue weighted by Gasteiger charge is 2.42. The van der Waals surface area contributed by atoms with E-state index >= 15 is 0 Å². The highest BCUT2D eigenvalue weighted by atomic mass is 32.1. The van der Waals surface area contributed by atoms with Crippen LogP contribution in [-0.4, -0.2) is 51.5 Å². The predicted octanol–water partition coefficient (Wildman–Crippen LogP) is 4.69. The van der Waals surface area contributed by atoms with Crippen LogP contribution in [0, 0.1) is 5.82 Å². The maximum atomic E-state index is 15.0. The van der Waals surface area contributed by atoms with Gasteiger partial charge < -0.3 is 20.3 Å². The molecule has 3 aromatic carbocycles. The molecule has 0 unspecified atom stereocenters. The molecular weight excluding hydrogens is 541 g/mol. The molecule has 3 atom stereocenters. The predicted molar refractivity (Wildman–Crippen MR) is 159 cm³/mol. The van der Waals surface area contributed by atoms with Crippen LogP contribution >= 0.6 is 12.6 Å². The fourth-order valence-corrected chi connectivity index (χ4v) is 5.21. The average molecular weight is 578 g/mol. The Balaban J connectivity index is 1.75. The second-order valence-electron chi connectivity index (χ2n) is 10.9. The number of hydrogen-bond donors (Lipinski definition) is 2. The molecule has 9 heteroatoms. The number of hydrogen-bond acceptors (Lipinski definition) is 6. The molecule has 0 saturated carbocycles. The number of halogens is 1. The standard InChI is InChI=1S/C32H36FN3O4S/c1-20(25-11-7-8-12-26(25)33)35(18-21-13-15-22(16-14-21)31(39)40-4)29(37)27-17-23-9-5-6-10-24(23)19-36(27)30(38)28(34)32(2,3)41/h5-16,20,27-28,41H,17-19,34H2,1-4H3/t20-,27+,28-/m1/s1. The number of ether oxygens (including phenoxy) is 1. The molecule has 1 aliphatic rings. The van der Waals surface area contributed by atoms with Crippen molar-refractivity contribution in [1.29, 1.82) is 0 Å². The molecule has 0 radical (unpaired) electrons. The van der Waals surface area contributed by atoms with E-state index in [4.69, 9.17) is 10.5 Å². The largest absolute Gasteiger partial charge is 0.465 e. The molecule has 1 heterocycles. The smallest absolute Gasteiger partial charge is 0.337 e. The first-order valence-electron chi connectivity index (χ1n) is 13.5. The van der Waals surface area contributed by atoms with E-state index in [1.807, 2.05) is 24.3 Å². The van der Waals surface area contributed by atoms with Crippen molar-refractivity contribution in [2.75, 3.05) is 7.11 Å². The Bertz CT molecular complexity index is 1420. The van der Waals surface area contributed by atoms with Gasteiger partial charge in [-0.2, -0.15) is 12.6 Å². The number of rotatable bonds is 8. The van der Waals surface area contributed by atoms with Crippen molar-refractivity contribution in [3.63, 3.8) is 0 Å². The number of esters is 1. The summed E-state index contributed by atoms with van der Waals surface area (Å²) >= 11 is 4.53. The Labute approximate surface area is 245 Å². The molecule has 0 aromatic heterocycles. The van der Waals surface area contributed by atoms with E-state index in [1.165, 1.54) is 18.1 Å². The van der Waals surface area contributed by atoms with Crippen LogP contribution in [0.5, 0.6) is 0 Å². The molecule has 41 heavy (non-hydrogen) atoms. The zero-order valence-electron chi connectivity index (χ0n) is 23.7. The fraction of sp³-hybridized carbons (Fsp3) is 0.344. The summed E-state index contributed by atoms with van der Waals surface area (Å²) in [4.78, 5) is 43.3. The first-order chi connectivity index (χ1) is 19.4. The molecule has 0 saturated heterocycles. The molecule has 0 bridgehead atoms. The molecule has 216 valence electrons. The monoisotopic (exact) mass is 577 g/mol. The van der Waals surface area contributed by atoms with E-state index in [-0.39, 0.29) is 24.9 Å². The van der Waals surface area contributed by atoms with Crippen molar-refractivity contribution >= 4 is 30.4 Å². The quantitative estimate of drug-likeness (QED) is 0.299. The van der Waals surface area contributed by atoms with E-state index in [9.17, 15) is 18.8 Å². The minimum absolute atomic E-state index is 0.125. The summed E-state index contributed by atoms with van der Waals surface area (Å²) in [6, 6.07) is 18.3. The van der Waals surface area contributed by atoms with E-state index in [1.54, 1.807) is 68.1 Å². The number of nitrogens with zero attached hydrogens (tertiary/aromatic N) is 2. The SMILES string of the molecule is COC(=O)c1ccc(CN(C(=O)[C@@H]2Cc3ccccc3CN2C(=O)[C@@H](N)C(C)(C)S)[C@H](C)c2ccccc2F)cc1. The maximum absolute atomic E-state index is 15.0. The number of carbonyl (C=O) groups excluding carboxylic acids is 3. The Kier molecular flexibility index (Phi) is 9.19. The fourth-order valence-electron chi connectivity index (χ4n) is 5.10. The lowest BCUT2D eigenvalue weighted by Crippen LogP contribution is -2.60. The molecule has 7 nitrogen and oxygen atoms in total. The summed E-state index contributed by atoms with van der Waals surface area (Å²) < 4.78 is 19.0. The van der Waals surface area contributed by atoms with Gasteiger partial charge in [0.1, 0.15) is 11.9 Å². The molecule has 2 amide bonds. The summed E-state index contributed by atoms with van der Waals surface area (Å²) in [7, 11) is 1.31. The van der Waals surface area contributed by atoms with E-state index < -0.39 is 34.7 Å². The van der Waals surface area contributed by atoms with Crippen molar-refractivity contribution in [2.45, 2.75) is 63.2 Å². The van der Waals surface area contributed by atoms with Gasteiger partial charge in [-0.1, -0.05) is 54.6 Å². The second-order valence-corrected chi connectivity index (χ2v) is 12.1. The Morgan fingerprint density at radius 2 is 1.66 bits per heavy atom. The van der Waals surface area contributed by atoms with Gasteiger partial charge in [0.2, 0.25) is 11.8 Å². The molecule has 4 rings (SSSR count). The van der Waals surface area contributed by atoms with Crippen LogP contribution in [0.2, 0.25) is 0 Å². The first-order valence-corrected chi connectivity index (χ1v) is 13.9. The zero-order valence-corrected chi connectivity index (χ0v) is 24.6. The minimum atomic E-state index is -0.949. The normalized spacial score (nSPS) is 16.4. The summed E-state index contributed by atoms with van der Waals surface area (Å²) in [6.45, 7) is 5.64. The highest BCUT2D eigenvalue weighted by Crippen LogP contribution is 2.31. The maximum Gasteiger partial charge on any atom is 0.337 e. The van der Waals surface area contributed by atoms with Crippen LogP contribution in [0.1, 0.15) is 59.4 Å². The van der Waals surface area contributed by atoms with E-state index in [2.05, 4.69) is 12.6 Å². The van der Waals surface area contributed by atoms with Gasteiger partial charge in [-0.25, -0.2) is 9.18 Å². The number of amides is 2. The van der Waals surface area contributed by atoms with Crippen LogP contribution in [0.4, 0.5) is 4.39 Å². The minimum Gasteiger partial charge on any atom is -0.465 e. The summed E-state index contributed by atoms with van der Waals surface area (Å²) in [5.74, 6) is -1.61. The lowest BCUT2D eigenvalue weighted by molar-refractivity contribution is -0.150. The van der Waals surface area contributed by atoms with Crippen molar-refractivity contribution in [3.05, 3.63) is 106 Å².